The van der Waals surface area contributed by atoms with Crippen LogP contribution in [0.5, 0.6) is 17.2 Å². The van der Waals surface area contributed by atoms with Gasteiger partial charge in [-0.25, -0.2) is 9.97 Å². The number of hydrogen-bond acceptors (Lipinski definition) is 6. The number of ether oxygens (including phenoxy) is 3. The van der Waals surface area contributed by atoms with Gasteiger partial charge in [0.05, 0.1) is 27.0 Å². The van der Waals surface area contributed by atoms with Crippen molar-refractivity contribution in [1.29, 1.82) is 0 Å². The zero-order chi connectivity index (χ0) is 19.7. The summed E-state index contributed by atoms with van der Waals surface area (Å²) in [4.78, 5) is 12.0. The second-order valence-electron chi connectivity index (χ2n) is 6.15. The first-order valence-corrected chi connectivity index (χ1v) is 8.65. The normalized spacial score (nSPS) is 10.8. The lowest BCUT2D eigenvalue weighted by Gasteiger charge is -2.15. The molecule has 0 spiro atoms. The summed E-state index contributed by atoms with van der Waals surface area (Å²) in [5.41, 5.74) is 10.2. The second-order valence-corrected chi connectivity index (χ2v) is 6.15. The maximum absolute atomic E-state index is 5.91. The summed E-state index contributed by atoms with van der Waals surface area (Å²) in [5, 5.41) is 1.07. The number of nitrogens with two attached hydrogens (primary N) is 1. The van der Waals surface area contributed by atoms with Gasteiger partial charge in [0.25, 0.3) is 0 Å². The third-order valence-corrected chi connectivity index (χ3v) is 4.62. The smallest absolute Gasteiger partial charge is 0.220 e. The zero-order valence-corrected chi connectivity index (χ0v) is 15.8. The van der Waals surface area contributed by atoms with Gasteiger partial charge in [0.2, 0.25) is 11.7 Å². The van der Waals surface area contributed by atoms with E-state index in [1.165, 1.54) is 0 Å². The Morgan fingerprint density at radius 3 is 2.32 bits per heavy atom. The topological polar surface area (TPSA) is 95.3 Å². The molecular weight excluding hydrogens is 356 g/mol. The molecule has 2 aromatic carbocycles. The van der Waals surface area contributed by atoms with Gasteiger partial charge in [-0.2, -0.15) is 0 Å². The predicted molar refractivity (Wildman–Crippen MR) is 109 cm³/mol. The third-order valence-electron chi connectivity index (χ3n) is 4.62. The highest BCUT2D eigenvalue weighted by molar-refractivity contribution is 5.99. The Morgan fingerprint density at radius 1 is 0.929 bits per heavy atom. The molecule has 0 aliphatic rings. The van der Waals surface area contributed by atoms with Crippen LogP contribution in [0.2, 0.25) is 0 Å². The molecule has 2 aromatic heterocycles. The molecule has 0 amide bonds. The average Bonchev–Trinajstić information content (AvgIpc) is 3.16. The van der Waals surface area contributed by atoms with Crippen LogP contribution in [0.1, 0.15) is 0 Å². The maximum atomic E-state index is 5.91. The highest BCUT2D eigenvalue weighted by Gasteiger charge is 2.19. The van der Waals surface area contributed by atoms with Crippen LogP contribution in [0, 0.1) is 0 Å². The largest absolute Gasteiger partial charge is 0.493 e. The molecule has 0 unspecified atom stereocenters. The number of rotatable bonds is 5. The van der Waals surface area contributed by atoms with Gasteiger partial charge in [0.1, 0.15) is 0 Å². The van der Waals surface area contributed by atoms with Crippen LogP contribution in [0.3, 0.4) is 0 Å². The Balaban J connectivity index is 1.98. The van der Waals surface area contributed by atoms with E-state index in [2.05, 4.69) is 21.0 Å². The Morgan fingerprint density at radius 2 is 1.64 bits per heavy atom. The first-order valence-electron chi connectivity index (χ1n) is 8.65. The van der Waals surface area contributed by atoms with E-state index >= 15 is 0 Å². The molecule has 3 N–H and O–H groups in total. The van der Waals surface area contributed by atoms with Crippen molar-refractivity contribution < 1.29 is 14.2 Å². The zero-order valence-electron chi connectivity index (χ0n) is 15.8. The van der Waals surface area contributed by atoms with Gasteiger partial charge in [0, 0.05) is 40.0 Å². The van der Waals surface area contributed by atoms with Crippen molar-refractivity contribution in [1.82, 2.24) is 15.0 Å². The first-order chi connectivity index (χ1) is 13.7. The fourth-order valence-corrected chi connectivity index (χ4v) is 3.32. The number of para-hydroxylation sites is 1. The van der Waals surface area contributed by atoms with E-state index in [4.69, 9.17) is 19.9 Å². The summed E-state index contributed by atoms with van der Waals surface area (Å²) >= 11 is 0. The molecule has 7 nitrogen and oxygen atoms in total. The average molecular weight is 376 g/mol. The van der Waals surface area contributed by atoms with E-state index in [1.807, 2.05) is 36.5 Å². The van der Waals surface area contributed by atoms with Crippen molar-refractivity contribution in [3.8, 4) is 39.6 Å². The number of aromatic amines is 1. The van der Waals surface area contributed by atoms with Gasteiger partial charge in [-0.3, -0.25) is 0 Å². The first kappa shape index (κ1) is 17.7. The van der Waals surface area contributed by atoms with E-state index in [0.717, 1.165) is 27.6 Å². The molecule has 4 rings (SSSR count). The van der Waals surface area contributed by atoms with Gasteiger partial charge in [-0.1, -0.05) is 18.2 Å². The molecule has 0 bridgehead atoms. The maximum Gasteiger partial charge on any atom is 0.220 e. The standard InChI is InChI=1S/C21H20N4O3/c1-26-17-8-12(9-18(27-2)20(17)28-3)19-15(11-24-21(22)25-19)14-10-23-16-7-5-4-6-13(14)16/h4-11,23H,1-3H3,(H2,22,24,25). The molecule has 0 fully saturated rings. The van der Waals surface area contributed by atoms with E-state index < -0.39 is 0 Å². The molecule has 0 saturated heterocycles. The Hall–Kier alpha value is -3.74. The van der Waals surface area contributed by atoms with E-state index in [1.54, 1.807) is 27.5 Å². The number of nitrogens with zero attached hydrogens (tertiary/aromatic N) is 2. The number of benzene rings is 2. The van der Waals surface area contributed by atoms with Gasteiger partial charge in [-0.15, -0.1) is 0 Å². The molecule has 7 heteroatoms. The van der Waals surface area contributed by atoms with Crippen molar-refractivity contribution in [3.05, 3.63) is 48.8 Å². The number of anilines is 1. The summed E-state index contributed by atoms with van der Waals surface area (Å²) in [7, 11) is 4.73. The van der Waals surface area contributed by atoms with E-state index in [9.17, 15) is 0 Å². The van der Waals surface area contributed by atoms with Crippen LogP contribution in [-0.4, -0.2) is 36.3 Å². The Kier molecular flexibility index (Phi) is 4.49. The van der Waals surface area contributed by atoms with Crippen LogP contribution < -0.4 is 19.9 Å². The monoisotopic (exact) mass is 376 g/mol. The second kappa shape index (κ2) is 7.11. The van der Waals surface area contributed by atoms with Crippen molar-refractivity contribution in [2.45, 2.75) is 0 Å². The predicted octanol–water partition coefficient (Wildman–Crippen LogP) is 3.90. The molecule has 0 aliphatic heterocycles. The molecular formula is C21H20N4O3. The van der Waals surface area contributed by atoms with Crippen molar-refractivity contribution in [3.63, 3.8) is 0 Å². The summed E-state index contributed by atoms with van der Waals surface area (Å²) in [5.74, 6) is 1.79. The fourth-order valence-electron chi connectivity index (χ4n) is 3.32. The highest BCUT2D eigenvalue weighted by Crippen LogP contribution is 2.43. The van der Waals surface area contributed by atoms with Crippen LogP contribution in [0.25, 0.3) is 33.3 Å². The quantitative estimate of drug-likeness (QED) is 0.548. The summed E-state index contributed by atoms with van der Waals surface area (Å²) in [6, 6.07) is 11.8. The van der Waals surface area contributed by atoms with Gasteiger partial charge in [-0.05, 0) is 18.2 Å². The number of methoxy groups -OCH3 is 3. The number of nitrogen functional groups attached to an aromatic ring is 1. The minimum absolute atomic E-state index is 0.187. The van der Waals surface area contributed by atoms with Gasteiger partial charge >= 0.3 is 0 Å². The molecule has 0 saturated carbocycles. The number of fused-ring (bicyclic) bond motifs is 1. The Bertz CT molecular complexity index is 1130. The molecule has 0 radical (unpaired) electrons. The van der Waals surface area contributed by atoms with Crippen LogP contribution >= 0.6 is 0 Å². The number of nitrogens with one attached hydrogen (secondary N) is 1. The third kappa shape index (κ3) is 2.87. The van der Waals surface area contributed by atoms with Crippen molar-refractivity contribution in [2.24, 2.45) is 0 Å². The summed E-state index contributed by atoms with van der Waals surface area (Å²) in [6.45, 7) is 0. The fraction of sp³-hybridized carbons (Fsp3) is 0.143. The van der Waals surface area contributed by atoms with Gasteiger partial charge < -0.3 is 24.9 Å². The van der Waals surface area contributed by atoms with Crippen molar-refractivity contribution >= 4 is 16.9 Å². The van der Waals surface area contributed by atoms with Crippen LogP contribution in [0.15, 0.2) is 48.8 Å². The molecule has 28 heavy (non-hydrogen) atoms. The molecule has 142 valence electrons. The number of hydrogen-bond donors (Lipinski definition) is 2. The lowest BCUT2D eigenvalue weighted by atomic mass is 9.99. The van der Waals surface area contributed by atoms with E-state index in [-0.39, 0.29) is 5.95 Å². The molecule has 2 heterocycles. The Labute approximate surface area is 162 Å². The SMILES string of the molecule is COc1cc(-c2nc(N)ncc2-c2c[nH]c3ccccc23)cc(OC)c1OC. The van der Waals surface area contributed by atoms with Crippen LogP contribution in [0.4, 0.5) is 5.95 Å². The van der Waals surface area contributed by atoms with E-state index in [0.29, 0.717) is 22.9 Å². The lowest BCUT2D eigenvalue weighted by molar-refractivity contribution is 0.324. The number of H-pyrrole nitrogens is 1. The number of aromatic nitrogens is 3. The molecule has 0 aliphatic carbocycles. The van der Waals surface area contributed by atoms with Crippen molar-refractivity contribution in [2.75, 3.05) is 27.1 Å². The van der Waals surface area contributed by atoms with Gasteiger partial charge in [0.15, 0.2) is 11.5 Å². The minimum Gasteiger partial charge on any atom is -0.493 e. The minimum atomic E-state index is 0.187. The lowest BCUT2D eigenvalue weighted by Crippen LogP contribution is -2.00. The molecule has 0 atom stereocenters. The highest BCUT2D eigenvalue weighted by atomic mass is 16.5. The summed E-state index contributed by atoms with van der Waals surface area (Å²) in [6.07, 6.45) is 3.68. The summed E-state index contributed by atoms with van der Waals surface area (Å²) < 4.78 is 16.4. The van der Waals surface area contributed by atoms with Crippen LogP contribution in [-0.2, 0) is 0 Å². The molecule has 4 aromatic rings.